The lowest BCUT2D eigenvalue weighted by Crippen LogP contribution is -2.83. The molecule has 18 heavy (non-hydrogen) atoms. The van der Waals surface area contributed by atoms with Crippen LogP contribution >= 0.6 is 0 Å². The molecule has 0 aliphatic heterocycles. The van der Waals surface area contributed by atoms with Gasteiger partial charge in [0.25, 0.3) is 0 Å². The van der Waals surface area contributed by atoms with Gasteiger partial charge in [0, 0.05) is 6.26 Å². The first kappa shape index (κ1) is 14.7. The maximum atomic E-state index is 10.8. The zero-order chi connectivity index (χ0) is 13.6. The Morgan fingerprint density at radius 3 is 2.78 bits per heavy atom. The van der Waals surface area contributed by atoms with E-state index < -0.39 is 10.0 Å². The van der Waals surface area contributed by atoms with Gasteiger partial charge < -0.3 is 19.9 Å². The van der Waals surface area contributed by atoms with Crippen LogP contribution in [0.4, 0.5) is 0 Å². The highest BCUT2D eigenvalue weighted by Crippen LogP contribution is 2.28. The first-order chi connectivity index (χ1) is 8.44. The van der Waals surface area contributed by atoms with Gasteiger partial charge in [-0.25, -0.2) is 8.42 Å². The number of nitrogens with two attached hydrogens (primary N) is 1. The average Bonchev–Trinajstić information content (AvgIpc) is 2.29. The lowest BCUT2D eigenvalue weighted by Gasteiger charge is -2.15. The van der Waals surface area contributed by atoms with Gasteiger partial charge in [-0.2, -0.15) is 0 Å². The molecule has 0 fully saturated rings. The van der Waals surface area contributed by atoms with Crippen LogP contribution in [-0.2, 0) is 16.6 Å². The topological polar surface area (TPSA) is 94.3 Å². The molecule has 7 heteroatoms. The summed E-state index contributed by atoms with van der Waals surface area (Å²) in [5, 5.41) is 11.7. The number of para-hydroxylation sites is 1. The van der Waals surface area contributed by atoms with Crippen molar-refractivity contribution in [3.8, 4) is 11.5 Å². The molecule has 0 spiro atoms. The smallest absolute Gasteiger partial charge is 0.166 e. The van der Waals surface area contributed by atoms with E-state index in [-0.39, 0.29) is 12.3 Å². The summed E-state index contributed by atoms with van der Waals surface area (Å²) < 4.78 is 30.0. The molecule has 3 N–H and O–H groups in total. The SMILES string of the molecule is COc1cccc(C[NH2+]CC[N-]S(C)(=O)=O)c1O. The van der Waals surface area contributed by atoms with Crippen LogP contribution in [-0.4, -0.2) is 40.0 Å². The second-order valence-electron chi connectivity index (χ2n) is 3.84. The normalized spacial score (nSPS) is 11.4. The van der Waals surface area contributed by atoms with Gasteiger partial charge in [-0.05, 0) is 12.1 Å². The molecular weight excluding hydrogens is 256 g/mol. The van der Waals surface area contributed by atoms with Gasteiger partial charge in [0.15, 0.2) is 11.5 Å². The number of methoxy groups -OCH3 is 1. The number of hydrogen-bond donors (Lipinski definition) is 2. The minimum atomic E-state index is -3.25. The number of phenolic OH excluding ortho intramolecular Hbond substituents is 1. The average molecular weight is 274 g/mol. The summed E-state index contributed by atoms with van der Waals surface area (Å²) in [5.41, 5.74) is 0.744. The molecule has 0 amide bonds. The fraction of sp³-hybridized carbons (Fsp3) is 0.455. The Morgan fingerprint density at radius 2 is 2.17 bits per heavy atom. The number of phenols is 1. The number of aromatic hydroxyl groups is 1. The second kappa shape index (κ2) is 6.58. The summed E-state index contributed by atoms with van der Waals surface area (Å²) in [6, 6.07) is 5.27. The highest BCUT2D eigenvalue weighted by Gasteiger charge is 2.07. The van der Waals surface area contributed by atoms with Crippen molar-refractivity contribution in [1.29, 1.82) is 0 Å². The summed E-state index contributed by atoms with van der Waals surface area (Å²) in [6.45, 7) is 1.33. The van der Waals surface area contributed by atoms with Crippen LogP contribution in [0.5, 0.6) is 11.5 Å². The van der Waals surface area contributed by atoms with Crippen LogP contribution in [0, 0.1) is 0 Å². The van der Waals surface area contributed by atoms with Crippen molar-refractivity contribution < 1.29 is 23.6 Å². The van der Waals surface area contributed by atoms with E-state index in [0.717, 1.165) is 11.8 Å². The van der Waals surface area contributed by atoms with Gasteiger partial charge in [-0.1, -0.05) is 12.6 Å². The molecule has 0 aliphatic carbocycles. The molecular formula is C11H18N2O4S. The number of hydrogen-bond acceptors (Lipinski definition) is 4. The van der Waals surface area contributed by atoms with Gasteiger partial charge in [-0.3, -0.25) is 0 Å². The molecule has 102 valence electrons. The minimum Gasteiger partial charge on any atom is -0.545 e. The van der Waals surface area contributed by atoms with Crippen LogP contribution in [0.25, 0.3) is 4.72 Å². The Morgan fingerprint density at radius 1 is 1.44 bits per heavy atom. The summed E-state index contributed by atoms with van der Waals surface area (Å²) >= 11 is 0. The highest BCUT2D eigenvalue weighted by molar-refractivity contribution is 7.93. The molecule has 0 aromatic heterocycles. The molecule has 0 unspecified atom stereocenters. The van der Waals surface area contributed by atoms with E-state index >= 15 is 0 Å². The maximum Gasteiger partial charge on any atom is 0.166 e. The summed E-state index contributed by atoms with van der Waals surface area (Å²) in [4.78, 5) is 0. The third-order valence-corrected chi connectivity index (χ3v) is 2.98. The van der Waals surface area contributed by atoms with Crippen LogP contribution in [0.1, 0.15) is 5.56 Å². The van der Waals surface area contributed by atoms with Gasteiger partial charge in [0.05, 0.1) is 29.2 Å². The van der Waals surface area contributed by atoms with E-state index in [9.17, 15) is 13.5 Å². The fourth-order valence-electron chi connectivity index (χ4n) is 1.46. The highest BCUT2D eigenvalue weighted by atomic mass is 32.2. The monoisotopic (exact) mass is 274 g/mol. The first-order valence-electron chi connectivity index (χ1n) is 5.49. The van der Waals surface area contributed by atoms with Crippen molar-refractivity contribution in [2.45, 2.75) is 6.54 Å². The van der Waals surface area contributed by atoms with Gasteiger partial charge in [-0.15, -0.1) is 0 Å². The predicted octanol–water partition coefficient (Wildman–Crippen LogP) is -0.203. The number of quaternary nitrogens is 1. The van der Waals surface area contributed by atoms with Crippen molar-refractivity contribution in [3.63, 3.8) is 0 Å². The standard InChI is InChI=1S/C11H17N2O4S/c1-17-10-5-3-4-9(11(10)14)8-12-6-7-13-18(2,15)16/h3-5,12,14H,6-8H2,1-2H3/q-1/p+1. The second-order valence-corrected chi connectivity index (χ2v) is 5.56. The van der Waals surface area contributed by atoms with Crippen molar-refractivity contribution in [3.05, 3.63) is 28.5 Å². The number of ether oxygens (including phenoxy) is 1. The summed E-state index contributed by atoms with van der Waals surface area (Å²) in [7, 11) is -1.76. The fourth-order valence-corrected chi connectivity index (χ4v) is 1.90. The van der Waals surface area contributed by atoms with E-state index in [0.29, 0.717) is 18.8 Å². The number of benzene rings is 1. The minimum absolute atomic E-state index is 0.122. The third-order valence-electron chi connectivity index (χ3n) is 2.33. The Labute approximate surface area is 107 Å². The molecule has 6 nitrogen and oxygen atoms in total. The number of nitrogens with zero attached hydrogens (tertiary/aromatic N) is 1. The predicted molar refractivity (Wildman–Crippen MR) is 68.2 cm³/mol. The molecule has 0 radical (unpaired) electrons. The number of sulfonamides is 1. The number of rotatable bonds is 7. The maximum absolute atomic E-state index is 10.8. The lowest BCUT2D eigenvalue weighted by atomic mass is 10.2. The molecule has 0 aliphatic rings. The van der Waals surface area contributed by atoms with E-state index in [2.05, 4.69) is 4.72 Å². The Bertz CT molecular complexity index is 488. The molecule has 0 atom stereocenters. The van der Waals surface area contributed by atoms with Crippen LogP contribution in [0.2, 0.25) is 0 Å². The largest absolute Gasteiger partial charge is 0.545 e. The van der Waals surface area contributed by atoms with Gasteiger partial charge >= 0.3 is 0 Å². The van der Waals surface area contributed by atoms with E-state index in [4.69, 9.17) is 4.74 Å². The van der Waals surface area contributed by atoms with Crippen LogP contribution in [0.3, 0.4) is 0 Å². The quantitative estimate of drug-likeness (QED) is 0.673. The Balaban J connectivity index is 2.40. The van der Waals surface area contributed by atoms with Crippen LogP contribution in [0.15, 0.2) is 18.2 Å². The van der Waals surface area contributed by atoms with E-state index in [1.54, 1.807) is 18.2 Å². The van der Waals surface area contributed by atoms with Gasteiger partial charge in [0.1, 0.15) is 6.54 Å². The Kier molecular flexibility index (Phi) is 5.39. The zero-order valence-electron chi connectivity index (χ0n) is 10.5. The summed E-state index contributed by atoms with van der Waals surface area (Å²) in [6.07, 6.45) is 1.07. The van der Waals surface area contributed by atoms with Crippen molar-refractivity contribution in [2.24, 2.45) is 0 Å². The molecule has 0 saturated heterocycles. The molecule has 0 bridgehead atoms. The van der Waals surface area contributed by atoms with Crippen molar-refractivity contribution >= 4 is 10.0 Å². The zero-order valence-corrected chi connectivity index (χ0v) is 11.3. The molecule has 0 saturated carbocycles. The molecule has 1 rings (SSSR count). The first-order valence-corrected chi connectivity index (χ1v) is 7.34. The third kappa shape index (κ3) is 4.91. The molecule has 1 aromatic rings. The van der Waals surface area contributed by atoms with Crippen molar-refractivity contribution in [2.75, 3.05) is 26.5 Å². The van der Waals surface area contributed by atoms with Crippen molar-refractivity contribution in [1.82, 2.24) is 0 Å². The van der Waals surface area contributed by atoms with Gasteiger partial charge in [0.2, 0.25) is 0 Å². The lowest BCUT2D eigenvalue weighted by molar-refractivity contribution is -0.667. The van der Waals surface area contributed by atoms with Crippen LogP contribution < -0.4 is 10.1 Å². The molecule has 1 aromatic carbocycles. The Hall–Kier alpha value is -1.31. The molecule has 0 heterocycles. The van der Waals surface area contributed by atoms with E-state index in [1.807, 2.05) is 5.32 Å². The van der Waals surface area contributed by atoms with E-state index in [1.165, 1.54) is 7.11 Å². The summed E-state index contributed by atoms with van der Waals surface area (Å²) in [5.74, 6) is 0.554.